The minimum atomic E-state index is -0.628. The first-order valence-corrected chi connectivity index (χ1v) is 8.99. The summed E-state index contributed by atoms with van der Waals surface area (Å²) in [7, 11) is 0. The normalized spacial score (nSPS) is 15.5. The Morgan fingerprint density at radius 2 is 1.81 bits per heavy atom. The summed E-state index contributed by atoms with van der Waals surface area (Å²) in [6, 6.07) is 5.12. The van der Waals surface area contributed by atoms with E-state index >= 15 is 0 Å². The van der Waals surface area contributed by atoms with E-state index in [9.17, 15) is 24.5 Å². The summed E-state index contributed by atoms with van der Waals surface area (Å²) >= 11 is 1.02. The second-order valence-electron chi connectivity index (χ2n) is 6.31. The first-order chi connectivity index (χ1) is 13.0. The Morgan fingerprint density at radius 1 is 1.07 bits per heavy atom. The van der Waals surface area contributed by atoms with Crippen molar-refractivity contribution in [3.05, 3.63) is 66.6 Å². The molecule has 1 aromatic carbocycles. The maximum Gasteiger partial charge on any atom is 0.284 e. The van der Waals surface area contributed by atoms with Crippen molar-refractivity contribution in [3.63, 3.8) is 0 Å². The van der Waals surface area contributed by atoms with Crippen LogP contribution in [0.25, 0.3) is 4.96 Å². The average Bonchev–Trinajstić information content (AvgIpc) is 3.32. The first-order valence-electron chi connectivity index (χ1n) is 8.18. The van der Waals surface area contributed by atoms with Crippen molar-refractivity contribution in [1.82, 2.24) is 9.38 Å². The highest BCUT2D eigenvalue weighted by molar-refractivity contribution is 7.19. The first kappa shape index (κ1) is 15.8. The number of nitro benzene ring substituents is 1. The Hall–Kier alpha value is -3.40. The van der Waals surface area contributed by atoms with Crippen LogP contribution in [0.3, 0.4) is 0 Å². The van der Waals surface area contributed by atoms with Gasteiger partial charge in [0.2, 0.25) is 0 Å². The Bertz CT molecular complexity index is 1240. The summed E-state index contributed by atoms with van der Waals surface area (Å²) in [5.74, 6) is -1.18. The Kier molecular flexibility index (Phi) is 3.11. The van der Waals surface area contributed by atoms with Gasteiger partial charge in [-0.1, -0.05) is 11.3 Å². The molecule has 0 radical (unpaired) electrons. The zero-order chi connectivity index (χ0) is 18.9. The Labute approximate surface area is 154 Å². The number of fused-ring (bicyclic) bond motifs is 4. The molecule has 0 saturated carbocycles. The number of aryl methyl sites for hydroxylation is 1. The van der Waals surface area contributed by atoms with Crippen LogP contribution in [-0.4, -0.2) is 26.1 Å². The van der Waals surface area contributed by atoms with Crippen LogP contribution in [-0.2, 0) is 12.8 Å². The van der Waals surface area contributed by atoms with E-state index in [1.165, 1.54) is 28.7 Å². The third-order valence-electron chi connectivity index (χ3n) is 4.83. The fraction of sp³-hybridized carbons (Fsp3) is 0.176. The van der Waals surface area contributed by atoms with Crippen LogP contribution in [0, 0.1) is 10.1 Å². The number of amides is 2. The number of nitrogens with zero attached hydrogens (tertiary/aromatic N) is 4. The van der Waals surface area contributed by atoms with Crippen molar-refractivity contribution in [1.29, 1.82) is 0 Å². The van der Waals surface area contributed by atoms with Crippen molar-refractivity contribution in [2.75, 3.05) is 4.90 Å². The number of aromatic nitrogens is 2. The molecule has 2 aliphatic rings. The quantitative estimate of drug-likeness (QED) is 0.380. The summed E-state index contributed by atoms with van der Waals surface area (Å²) < 4.78 is 1.23. The molecular formula is C17H10N4O5S. The molecular weight excluding hydrogens is 372 g/mol. The highest BCUT2D eigenvalue weighted by Crippen LogP contribution is 2.34. The number of hydrogen-bond acceptors (Lipinski definition) is 7. The molecule has 10 heteroatoms. The van der Waals surface area contributed by atoms with Gasteiger partial charge in [0, 0.05) is 17.7 Å². The van der Waals surface area contributed by atoms with Crippen LogP contribution in [0.4, 0.5) is 11.4 Å². The molecule has 2 amide bonds. The molecule has 1 aliphatic heterocycles. The molecule has 9 nitrogen and oxygen atoms in total. The lowest BCUT2D eigenvalue weighted by Gasteiger charge is -2.13. The van der Waals surface area contributed by atoms with Crippen molar-refractivity contribution < 1.29 is 14.5 Å². The van der Waals surface area contributed by atoms with E-state index in [1.807, 2.05) is 0 Å². The lowest BCUT2D eigenvalue weighted by Crippen LogP contribution is -2.31. The van der Waals surface area contributed by atoms with Gasteiger partial charge in [0.25, 0.3) is 23.1 Å². The molecule has 0 saturated heterocycles. The van der Waals surface area contributed by atoms with Gasteiger partial charge in [-0.2, -0.15) is 0 Å². The fourth-order valence-corrected chi connectivity index (χ4v) is 4.63. The lowest BCUT2D eigenvalue weighted by atomic mass is 10.2. The van der Waals surface area contributed by atoms with Crippen LogP contribution < -0.4 is 10.5 Å². The maximum atomic E-state index is 12.9. The summed E-state index contributed by atoms with van der Waals surface area (Å²) in [4.78, 5) is 54.7. The number of hydrogen-bond donors (Lipinski definition) is 0. The number of rotatable bonds is 2. The summed E-state index contributed by atoms with van der Waals surface area (Å²) in [6.45, 7) is 0. The average molecular weight is 382 g/mol. The zero-order valence-corrected chi connectivity index (χ0v) is 14.5. The smallest absolute Gasteiger partial charge is 0.269 e. The molecule has 0 atom stereocenters. The summed E-state index contributed by atoms with van der Waals surface area (Å²) in [5, 5.41) is 10.8. The molecule has 0 unspecified atom stereocenters. The third kappa shape index (κ3) is 2.04. The summed E-state index contributed by atoms with van der Waals surface area (Å²) in [6.07, 6.45) is 2.18. The molecule has 5 rings (SSSR count). The molecule has 1 aliphatic carbocycles. The Morgan fingerprint density at radius 3 is 2.52 bits per heavy atom. The number of carbonyl (C=O) groups excluding carboxylic acids is 2. The van der Waals surface area contributed by atoms with E-state index in [0.29, 0.717) is 16.9 Å². The number of benzene rings is 1. The molecule has 0 N–H and O–H groups in total. The Balaban J connectivity index is 1.66. The van der Waals surface area contributed by atoms with Gasteiger partial charge in [0.05, 0.1) is 16.3 Å². The van der Waals surface area contributed by atoms with Crippen LogP contribution in [0.15, 0.2) is 29.1 Å². The van der Waals surface area contributed by atoms with Crippen LogP contribution in [0.5, 0.6) is 0 Å². The number of anilines is 1. The largest absolute Gasteiger partial charge is 0.284 e. The molecule has 0 fully saturated rings. The number of non-ortho nitro benzene ring substituents is 1. The second-order valence-corrected chi connectivity index (χ2v) is 7.29. The minimum absolute atomic E-state index is 0.0190. The predicted molar refractivity (Wildman–Crippen MR) is 95.6 cm³/mol. The van der Waals surface area contributed by atoms with Crippen molar-refractivity contribution >= 4 is 39.5 Å². The van der Waals surface area contributed by atoms with Crippen molar-refractivity contribution in [3.8, 4) is 0 Å². The van der Waals surface area contributed by atoms with Gasteiger partial charge in [-0.05, 0) is 31.4 Å². The lowest BCUT2D eigenvalue weighted by molar-refractivity contribution is -0.384. The van der Waals surface area contributed by atoms with Gasteiger partial charge in [0.1, 0.15) is 10.6 Å². The van der Waals surface area contributed by atoms with Crippen molar-refractivity contribution in [2.45, 2.75) is 19.3 Å². The maximum absolute atomic E-state index is 12.9. The molecule has 134 valence electrons. The minimum Gasteiger partial charge on any atom is -0.269 e. The van der Waals surface area contributed by atoms with Crippen LogP contribution in [0.2, 0.25) is 0 Å². The standard InChI is InChI=1S/C17H10N4O5S/c22-14-10-2-1-3-11(10)18-17-20(14)12-13(27-17)16(24)19(15(12)23)8-4-6-9(7-5-8)21(25)26/h4-7H,1-3H2. The van der Waals surface area contributed by atoms with E-state index in [0.717, 1.165) is 34.8 Å². The molecule has 3 heterocycles. The monoisotopic (exact) mass is 382 g/mol. The third-order valence-corrected chi connectivity index (χ3v) is 5.85. The highest BCUT2D eigenvalue weighted by atomic mass is 32.1. The van der Waals surface area contributed by atoms with E-state index in [1.54, 1.807) is 0 Å². The van der Waals surface area contributed by atoms with E-state index < -0.39 is 16.7 Å². The van der Waals surface area contributed by atoms with Gasteiger partial charge < -0.3 is 0 Å². The van der Waals surface area contributed by atoms with Crippen LogP contribution in [0.1, 0.15) is 37.8 Å². The summed E-state index contributed by atoms with van der Waals surface area (Å²) in [5.41, 5.74) is 1.14. The predicted octanol–water partition coefficient (Wildman–Crippen LogP) is 1.95. The number of thiazole rings is 1. The number of nitro groups is 1. The molecule has 27 heavy (non-hydrogen) atoms. The van der Waals surface area contributed by atoms with E-state index in [4.69, 9.17) is 0 Å². The topological polar surface area (TPSA) is 115 Å². The number of carbonyl (C=O) groups is 2. The zero-order valence-electron chi connectivity index (χ0n) is 13.7. The van der Waals surface area contributed by atoms with E-state index in [2.05, 4.69) is 4.98 Å². The van der Waals surface area contributed by atoms with Gasteiger partial charge >= 0.3 is 0 Å². The van der Waals surface area contributed by atoms with Gasteiger partial charge in [-0.3, -0.25) is 24.5 Å². The van der Waals surface area contributed by atoms with Gasteiger partial charge in [-0.25, -0.2) is 14.3 Å². The van der Waals surface area contributed by atoms with Crippen LogP contribution >= 0.6 is 11.3 Å². The fourth-order valence-electron chi connectivity index (χ4n) is 3.57. The second kappa shape index (κ2) is 5.30. The molecule has 0 spiro atoms. The number of imide groups is 1. The highest BCUT2D eigenvalue weighted by Gasteiger charge is 2.42. The molecule has 0 bridgehead atoms. The molecule has 2 aromatic heterocycles. The SMILES string of the molecule is O=C1c2sc3nc4c(c(=O)n3c2C(=O)N1c1ccc([N+](=O)[O-])cc1)CCC4. The molecule has 3 aromatic rings. The van der Waals surface area contributed by atoms with E-state index in [-0.39, 0.29) is 27.5 Å². The van der Waals surface area contributed by atoms with Gasteiger partial charge in [-0.15, -0.1) is 0 Å². The van der Waals surface area contributed by atoms with Gasteiger partial charge in [0.15, 0.2) is 4.96 Å². The van der Waals surface area contributed by atoms with Crippen molar-refractivity contribution in [2.24, 2.45) is 0 Å².